The molecule has 0 radical (unpaired) electrons. The number of hydrogen-bond donors (Lipinski definition) is 0. The van der Waals surface area contributed by atoms with Gasteiger partial charge in [0.2, 0.25) is 0 Å². The fraction of sp³-hybridized carbons (Fsp3) is 0.625. The van der Waals surface area contributed by atoms with Crippen molar-refractivity contribution in [3.05, 3.63) is 18.2 Å². The predicted molar refractivity (Wildman–Crippen MR) is 39.5 cm³/mol. The Bertz CT molecular complexity index is 213. The Hall–Kier alpha value is -0.790. The molecule has 0 saturated heterocycles. The summed E-state index contributed by atoms with van der Waals surface area (Å²) < 4.78 is 4.22. The molecule has 0 atom stereocenters. The number of nitrogens with zero attached hydrogens (tertiary/aromatic N) is 2. The van der Waals surface area contributed by atoms with Gasteiger partial charge in [0.15, 0.2) is 0 Å². The van der Waals surface area contributed by atoms with Crippen molar-refractivity contribution in [1.29, 1.82) is 0 Å². The van der Waals surface area contributed by atoms with Gasteiger partial charge in [-0.15, -0.1) is 0 Å². The monoisotopic (exact) mass is 138 g/mol. The second-order valence-corrected chi connectivity index (χ2v) is 2.56. The lowest BCUT2D eigenvalue weighted by molar-refractivity contribution is -0.681. The molecule has 0 amide bonds. The van der Waals surface area contributed by atoms with Crippen LogP contribution in [0.5, 0.6) is 0 Å². The van der Waals surface area contributed by atoms with Crippen molar-refractivity contribution in [3.8, 4) is 0 Å². The van der Waals surface area contributed by atoms with Crippen LogP contribution in [0.25, 0.3) is 0 Å². The zero-order valence-corrected chi connectivity index (χ0v) is 6.89. The summed E-state index contributed by atoms with van der Waals surface area (Å²) in [5.74, 6) is 1.27. The standard InChI is InChI=1S/C8H14N2/c1-4-5-10-7-6-9(3)8(10)2/h7H,4-5H2,1-3H3. The summed E-state index contributed by atoms with van der Waals surface area (Å²) in [4.78, 5) is 0. The second-order valence-electron chi connectivity index (χ2n) is 2.56. The van der Waals surface area contributed by atoms with Gasteiger partial charge in [0.1, 0.15) is 5.82 Å². The van der Waals surface area contributed by atoms with Crippen LogP contribution >= 0.6 is 0 Å². The van der Waals surface area contributed by atoms with E-state index in [4.69, 9.17) is 0 Å². The fourth-order valence-electron chi connectivity index (χ4n) is 1.00. The summed E-state index contributed by atoms with van der Waals surface area (Å²) in [5.41, 5.74) is 0. The Labute approximate surface area is 62.1 Å². The quantitative estimate of drug-likeness (QED) is 0.423. The van der Waals surface area contributed by atoms with E-state index in [1.54, 1.807) is 0 Å². The molecule has 2 nitrogen and oxygen atoms in total. The van der Waals surface area contributed by atoms with Gasteiger partial charge in [0.25, 0.3) is 0 Å². The molecule has 0 aliphatic rings. The summed E-state index contributed by atoms with van der Waals surface area (Å²) in [7, 11) is 2.02. The summed E-state index contributed by atoms with van der Waals surface area (Å²) in [6.45, 7) is 5.38. The first-order chi connectivity index (χ1) is 4.75. The minimum atomic E-state index is 1.10. The Morgan fingerprint density at radius 1 is 1.70 bits per heavy atom. The molecule has 0 fully saturated rings. The molecule has 0 aromatic carbocycles. The molecule has 10 heavy (non-hydrogen) atoms. The van der Waals surface area contributed by atoms with Gasteiger partial charge < -0.3 is 9.13 Å². The summed E-state index contributed by atoms with van der Waals surface area (Å²) in [6, 6.07) is 0. The maximum Gasteiger partial charge on any atom is 0.105 e. The largest absolute Gasteiger partial charge is 0.400 e. The van der Waals surface area contributed by atoms with Crippen molar-refractivity contribution in [2.24, 2.45) is 7.05 Å². The Kier molecular flexibility index (Phi) is 2.10. The maximum atomic E-state index is 3.10. The van der Waals surface area contributed by atoms with Crippen molar-refractivity contribution in [2.45, 2.75) is 26.8 Å². The SMILES string of the molecule is CCCn1c[c-][n+](C)c1C. The van der Waals surface area contributed by atoms with Crippen molar-refractivity contribution >= 4 is 0 Å². The molecule has 2 heteroatoms. The number of aryl methyl sites for hydroxylation is 2. The number of aromatic nitrogens is 2. The van der Waals surface area contributed by atoms with Crippen molar-refractivity contribution in [3.63, 3.8) is 0 Å². The average molecular weight is 138 g/mol. The van der Waals surface area contributed by atoms with E-state index in [0.717, 1.165) is 6.54 Å². The third-order valence-corrected chi connectivity index (χ3v) is 1.77. The molecule has 0 aliphatic carbocycles. The van der Waals surface area contributed by atoms with Gasteiger partial charge in [-0.05, 0) is 19.5 Å². The van der Waals surface area contributed by atoms with E-state index in [9.17, 15) is 0 Å². The van der Waals surface area contributed by atoms with E-state index < -0.39 is 0 Å². The van der Waals surface area contributed by atoms with Crippen molar-refractivity contribution in [1.82, 2.24) is 4.57 Å². The van der Waals surface area contributed by atoms with E-state index in [1.165, 1.54) is 12.2 Å². The molecule has 1 aromatic rings. The van der Waals surface area contributed by atoms with Crippen LogP contribution < -0.4 is 4.57 Å². The molecule has 0 spiro atoms. The van der Waals surface area contributed by atoms with Crippen LogP contribution in [-0.2, 0) is 13.6 Å². The van der Waals surface area contributed by atoms with Gasteiger partial charge in [-0.1, -0.05) is 6.92 Å². The second kappa shape index (κ2) is 2.86. The Morgan fingerprint density at radius 2 is 2.40 bits per heavy atom. The van der Waals surface area contributed by atoms with Crippen LogP contribution in [0.15, 0.2) is 6.20 Å². The summed E-state index contributed by atoms with van der Waals surface area (Å²) >= 11 is 0. The van der Waals surface area contributed by atoms with Crippen LogP contribution in [0.3, 0.4) is 0 Å². The lowest BCUT2D eigenvalue weighted by atomic mass is 10.5. The van der Waals surface area contributed by atoms with Gasteiger partial charge in [0.05, 0.1) is 6.54 Å². The first-order valence-electron chi connectivity index (χ1n) is 3.69. The Balaban J connectivity index is 2.83. The van der Waals surface area contributed by atoms with Crippen molar-refractivity contribution in [2.75, 3.05) is 0 Å². The van der Waals surface area contributed by atoms with Crippen LogP contribution in [0.1, 0.15) is 19.2 Å². The summed E-state index contributed by atoms with van der Waals surface area (Å²) in [5, 5.41) is 0. The third-order valence-electron chi connectivity index (χ3n) is 1.77. The van der Waals surface area contributed by atoms with Crippen molar-refractivity contribution < 1.29 is 4.57 Å². The number of hydrogen-bond acceptors (Lipinski definition) is 0. The van der Waals surface area contributed by atoms with Crippen LogP contribution in [0, 0.1) is 13.1 Å². The molecule has 1 rings (SSSR count). The van der Waals surface area contributed by atoms with Crippen LogP contribution in [0.2, 0.25) is 0 Å². The first kappa shape index (κ1) is 7.32. The molecule has 0 unspecified atom stereocenters. The van der Waals surface area contributed by atoms with E-state index in [1.807, 2.05) is 17.8 Å². The fourth-order valence-corrected chi connectivity index (χ4v) is 1.00. The molecule has 0 aliphatic heterocycles. The van der Waals surface area contributed by atoms with Gasteiger partial charge >= 0.3 is 0 Å². The van der Waals surface area contributed by atoms with E-state index in [0.29, 0.717) is 0 Å². The molecule has 1 heterocycles. The molecule has 0 saturated carbocycles. The van der Waals surface area contributed by atoms with Gasteiger partial charge in [0, 0.05) is 13.2 Å². The molecule has 1 aromatic heterocycles. The lowest BCUT2D eigenvalue weighted by Crippen LogP contribution is -2.30. The maximum absolute atomic E-state index is 3.10. The van der Waals surface area contributed by atoms with E-state index in [2.05, 4.69) is 24.6 Å². The van der Waals surface area contributed by atoms with E-state index in [-0.39, 0.29) is 0 Å². The first-order valence-corrected chi connectivity index (χ1v) is 3.69. The third kappa shape index (κ3) is 1.20. The highest BCUT2D eigenvalue weighted by atomic mass is 15.1. The van der Waals surface area contributed by atoms with Gasteiger partial charge in [-0.2, -0.15) is 0 Å². The van der Waals surface area contributed by atoms with Gasteiger partial charge in [-0.3, -0.25) is 0 Å². The summed E-state index contributed by atoms with van der Waals surface area (Å²) in [6.07, 6.45) is 6.28. The average Bonchev–Trinajstić information content (AvgIpc) is 2.20. The highest BCUT2D eigenvalue weighted by molar-refractivity contribution is 4.77. The molecule has 0 bridgehead atoms. The smallest absolute Gasteiger partial charge is 0.105 e. The normalized spacial score (nSPS) is 10.3. The predicted octanol–water partition coefficient (Wildman–Crippen LogP) is 0.831. The lowest BCUT2D eigenvalue weighted by Gasteiger charge is -2.02. The minimum Gasteiger partial charge on any atom is -0.400 e. The van der Waals surface area contributed by atoms with Gasteiger partial charge in [-0.25, -0.2) is 0 Å². The number of imidazole rings is 1. The highest BCUT2D eigenvalue weighted by Crippen LogP contribution is 1.93. The number of rotatable bonds is 2. The van der Waals surface area contributed by atoms with Crippen LogP contribution in [-0.4, -0.2) is 4.57 Å². The molecular formula is C8H14N2. The Morgan fingerprint density at radius 3 is 2.80 bits per heavy atom. The zero-order chi connectivity index (χ0) is 7.56. The van der Waals surface area contributed by atoms with Crippen LogP contribution in [0.4, 0.5) is 0 Å². The zero-order valence-electron chi connectivity index (χ0n) is 6.89. The molecule has 56 valence electrons. The molecular weight excluding hydrogens is 124 g/mol. The van der Waals surface area contributed by atoms with E-state index >= 15 is 0 Å². The molecule has 0 N–H and O–H groups in total. The minimum absolute atomic E-state index is 1.10. The topological polar surface area (TPSA) is 8.81 Å². The highest BCUT2D eigenvalue weighted by Gasteiger charge is 1.95.